The predicted molar refractivity (Wildman–Crippen MR) is 76.9 cm³/mol. The highest BCUT2D eigenvalue weighted by atomic mass is 32.2. The van der Waals surface area contributed by atoms with Gasteiger partial charge >= 0.3 is 0 Å². The average molecular weight is 286 g/mol. The Bertz CT molecular complexity index is 475. The molecule has 0 aliphatic heterocycles. The van der Waals surface area contributed by atoms with E-state index in [1.807, 2.05) is 13.0 Å². The molecule has 0 saturated heterocycles. The van der Waals surface area contributed by atoms with Gasteiger partial charge in [-0.15, -0.1) is 0 Å². The number of nitrogens with one attached hydrogen (secondary N) is 2. The van der Waals surface area contributed by atoms with E-state index in [0.29, 0.717) is 30.3 Å². The Balaban J connectivity index is 2.77. The standard InChI is InChI=1S/C13H22N2O3S/c1-3-9-15-19(16,17)13-8-5-4-7-12(13)14-10-6-11-18-2/h4-5,7-8,14-15H,3,6,9-11H2,1-2H3. The Hall–Kier alpha value is -1.11. The second kappa shape index (κ2) is 8.14. The lowest BCUT2D eigenvalue weighted by molar-refractivity contribution is 0.198. The summed E-state index contributed by atoms with van der Waals surface area (Å²) < 4.78 is 31.8. The summed E-state index contributed by atoms with van der Waals surface area (Å²) in [5.41, 5.74) is 0.627. The molecular weight excluding hydrogens is 264 g/mol. The molecule has 0 fully saturated rings. The van der Waals surface area contributed by atoms with Crippen molar-refractivity contribution < 1.29 is 13.2 Å². The van der Waals surface area contributed by atoms with E-state index in [1.54, 1.807) is 25.3 Å². The zero-order valence-electron chi connectivity index (χ0n) is 11.5. The Kier molecular flexibility index (Phi) is 6.83. The van der Waals surface area contributed by atoms with Gasteiger partial charge in [-0.2, -0.15) is 0 Å². The van der Waals surface area contributed by atoms with E-state index in [2.05, 4.69) is 10.0 Å². The highest BCUT2D eigenvalue weighted by Crippen LogP contribution is 2.20. The number of hydrogen-bond acceptors (Lipinski definition) is 4. The first kappa shape index (κ1) is 15.9. The summed E-state index contributed by atoms with van der Waals surface area (Å²) in [6.07, 6.45) is 1.59. The summed E-state index contributed by atoms with van der Waals surface area (Å²) in [4.78, 5) is 0.292. The number of benzene rings is 1. The molecule has 0 aliphatic rings. The minimum absolute atomic E-state index is 0.292. The van der Waals surface area contributed by atoms with Gasteiger partial charge in [0.05, 0.1) is 5.69 Å². The van der Waals surface area contributed by atoms with Crippen LogP contribution >= 0.6 is 0 Å². The van der Waals surface area contributed by atoms with Crippen LogP contribution in [0.3, 0.4) is 0 Å². The first-order valence-electron chi connectivity index (χ1n) is 6.43. The van der Waals surface area contributed by atoms with E-state index in [-0.39, 0.29) is 0 Å². The molecule has 0 bridgehead atoms. The van der Waals surface area contributed by atoms with Gasteiger partial charge in [-0.25, -0.2) is 13.1 Å². The fourth-order valence-electron chi connectivity index (χ4n) is 1.60. The number of methoxy groups -OCH3 is 1. The van der Waals surface area contributed by atoms with Crippen molar-refractivity contribution in [3.8, 4) is 0 Å². The molecule has 5 nitrogen and oxygen atoms in total. The second-order valence-corrected chi connectivity index (χ2v) is 5.90. The Morgan fingerprint density at radius 1 is 1.21 bits per heavy atom. The maximum atomic E-state index is 12.1. The number of hydrogen-bond donors (Lipinski definition) is 2. The van der Waals surface area contributed by atoms with Gasteiger partial charge in [-0.1, -0.05) is 19.1 Å². The minimum atomic E-state index is -3.44. The third-order valence-corrected chi connectivity index (χ3v) is 4.08. The van der Waals surface area contributed by atoms with Crippen LogP contribution in [-0.4, -0.2) is 35.2 Å². The lowest BCUT2D eigenvalue weighted by Crippen LogP contribution is -2.25. The zero-order chi connectivity index (χ0) is 14.1. The fraction of sp³-hybridized carbons (Fsp3) is 0.538. The van der Waals surface area contributed by atoms with Gasteiger partial charge in [0, 0.05) is 26.8 Å². The van der Waals surface area contributed by atoms with E-state index in [4.69, 9.17) is 4.74 Å². The van der Waals surface area contributed by atoms with E-state index >= 15 is 0 Å². The van der Waals surface area contributed by atoms with Crippen LogP contribution in [0, 0.1) is 0 Å². The molecule has 0 aliphatic carbocycles. The Labute approximate surface area is 115 Å². The van der Waals surface area contributed by atoms with Crippen LogP contribution in [0.15, 0.2) is 29.2 Å². The van der Waals surface area contributed by atoms with Crippen LogP contribution in [0.1, 0.15) is 19.8 Å². The summed E-state index contributed by atoms with van der Waals surface area (Å²) in [5.74, 6) is 0. The summed E-state index contributed by atoms with van der Waals surface area (Å²) >= 11 is 0. The lowest BCUT2D eigenvalue weighted by atomic mass is 10.3. The van der Waals surface area contributed by atoms with Crippen molar-refractivity contribution in [3.05, 3.63) is 24.3 Å². The molecule has 0 atom stereocenters. The summed E-state index contributed by atoms with van der Waals surface area (Å²) in [6, 6.07) is 6.92. The van der Waals surface area contributed by atoms with Crippen molar-refractivity contribution in [1.29, 1.82) is 0 Å². The molecule has 108 valence electrons. The minimum Gasteiger partial charge on any atom is -0.385 e. The van der Waals surface area contributed by atoms with Crippen LogP contribution < -0.4 is 10.0 Å². The molecular formula is C13H22N2O3S. The molecule has 0 heterocycles. The predicted octanol–water partition coefficient (Wildman–Crippen LogP) is 1.82. The zero-order valence-corrected chi connectivity index (χ0v) is 12.3. The molecule has 1 aromatic carbocycles. The average Bonchev–Trinajstić information content (AvgIpc) is 2.42. The van der Waals surface area contributed by atoms with Crippen LogP contribution in [0.5, 0.6) is 0 Å². The van der Waals surface area contributed by atoms with Crippen LogP contribution in [-0.2, 0) is 14.8 Å². The first-order chi connectivity index (χ1) is 9.11. The smallest absolute Gasteiger partial charge is 0.242 e. The monoisotopic (exact) mass is 286 g/mol. The summed E-state index contributed by atoms with van der Waals surface area (Å²) in [6.45, 7) is 3.70. The van der Waals surface area contributed by atoms with E-state index in [9.17, 15) is 8.42 Å². The number of sulfonamides is 1. The maximum absolute atomic E-state index is 12.1. The molecule has 1 aromatic rings. The SMILES string of the molecule is CCCNS(=O)(=O)c1ccccc1NCCCOC. The topological polar surface area (TPSA) is 67.4 Å². The molecule has 0 amide bonds. The molecule has 0 radical (unpaired) electrons. The van der Waals surface area contributed by atoms with Gasteiger partial charge in [0.2, 0.25) is 10.0 Å². The second-order valence-electron chi connectivity index (χ2n) is 4.17. The third-order valence-electron chi connectivity index (χ3n) is 2.56. The first-order valence-corrected chi connectivity index (χ1v) is 7.91. The van der Waals surface area contributed by atoms with Gasteiger partial charge in [0.1, 0.15) is 4.90 Å². The van der Waals surface area contributed by atoms with Crippen molar-refractivity contribution >= 4 is 15.7 Å². The van der Waals surface area contributed by atoms with Gasteiger partial charge in [0.15, 0.2) is 0 Å². The van der Waals surface area contributed by atoms with E-state index < -0.39 is 10.0 Å². The summed E-state index contributed by atoms with van der Waals surface area (Å²) in [7, 11) is -1.79. The Morgan fingerprint density at radius 2 is 1.95 bits per heavy atom. The van der Waals surface area contributed by atoms with Crippen LogP contribution in [0.25, 0.3) is 0 Å². The number of para-hydroxylation sites is 1. The largest absolute Gasteiger partial charge is 0.385 e. The maximum Gasteiger partial charge on any atom is 0.242 e. The van der Waals surface area contributed by atoms with Crippen molar-refractivity contribution in [3.63, 3.8) is 0 Å². The molecule has 6 heteroatoms. The molecule has 2 N–H and O–H groups in total. The van der Waals surface area contributed by atoms with Crippen molar-refractivity contribution in [2.45, 2.75) is 24.7 Å². The number of anilines is 1. The summed E-state index contributed by atoms with van der Waals surface area (Å²) in [5, 5.41) is 3.13. The number of ether oxygens (including phenoxy) is 1. The molecule has 0 aromatic heterocycles. The number of rotatable bonds is 9. The lowest BCUT2D eigenvalue weighted by Gasteiger charge is -2.12. The van der Waals surface area contributed by atoms with Crippen LogP contribution in [0.4, 0.5) is 5.69 Å². The van der Waals surface area contributed by atoms with Crippen molar-refractivity contribution in [2.75, 3.05) is 32.1 Å². The molecule has 0 spiro atoms. The molecule has 0 saturated carbocycles. The highest BCUT2D eigenvalue weighted by Gasteiger charge is 2.16. The third kappa shape index (κ3) is 5.18. The molecule has 1 rings (SSSR count). The molecule has 19 heavy (non-hydrogen) atoms. The Morgan fingerprint density at radius 3 is 2.63 bits per heavy atom. The highest BCUT2D eigenvalue weighted by molar-refractivity contribution is 7.89. The van der Waals surface area contributed by atoms with E-state index in [0.717, 1.165) is 12.8 Å². The van der Waals surface area contributed by atoms with E-state index in [1.165, 1.54) is 0 Å². The molecule has 0 unspecified atom stereocenters. The van der Waals surface area contributed by atoms with Crippen LogP contribution in [0.2, 0.25) is 0 Å². The van der Waals surface area contributed by atoms with Gasteiger partial charge in [-0.05, 0) is 25.0 Å². The normalized spacial score (nSPS) is 11.5. The van der Waals surface area contributed by atoms with Crippen molar-refractivity contribution in [2.24, 2.45) is 0 Å². The quantitative estimate of drug-likeness (QED) is 0.680. The fourth-order valence-corrected chi connectivity index (χ4v) is 2.92. The van der Waals surface area contributed by atoms with Gasteiger partial charge < -0.3 is 10.1 Å². The van der Waals surface area contributed by atoms with Crippen molar-refractivity contribution in [1.82, 2.24) is 4.72 Å². The van der Waals surface area contributed by atoms with Gasteiger partial charge in [0.25, 0.3) is 0 Å². The van der Waals surface area contributed by atoms with Gasteiger partial charge in [-0.3, -0.25) is 0 Å².